The van der Waals surface area contributed by atoms with Gasteiger partial charge in [-0.3, -0.25) is 9.59 Å². The van der Waals surface area contributed by atoms with E-state index in [0.717, 1.165) is 25.1 Å². The van der Waals surface area contributed by atoms with Crippen LogP contribution in [-0.4, -0.2) is 39.7 Å². The summed E-state index contributed by atoms with van der Waals surface area (Å²) in [6.07, 6.45) is 1.97. The minimum Gasteiger partial charge on any atom is -0.381 e. The van der Waals surface area contributed by atoms with Crippen LogP contribution in [0.15, 0.2) is 47.3 Å². The van der Waals surface area contributed by atoms with E-state index in [1.54, 1.807) is 11.9 Å². The zero-order valence-electron chi connectivity index (χ0n) is 13.1. The number of aromatic nitrogens is 2. The van der Waals surface area contributed by atoms with Crippen LogP contribution in [-0.2, 0) is 7.05 Å². The highest BCUT2D eigenvalue weighted by atomic mass is 16.2. The highest BCUT2D eigenvalue weighted by molar-refractivity contribution is 5.92. The fraction of sp³-hybridized carbons (Fsp3) is 0.353. The van der Waals surface area contributed by atoms with E-state index in [0.29, 0.717) is 12.2 Å². The highest BCUT2D eigenvalue weighted by Gasteiger charge is 2.25. The predicted octanol–water partition coefficient (Wildman–Crippen LogP) is 1.50. The van der Waals surface area contributed by atoms with Crippen LogP contribution >= 0.6 is 0 Å². The van der Waals surface area contributed by atoms with Gasteiger partial charge in [0.25, 0.3) is 11.5 Å². The predicted molar refractivity (Wildman–Crippen MR) is 88.5 cm³/mol. The SMILES string of the molecule is Cn1nc(C(=O)N2CCC[C@@H](Nc3ccccc3)C2)ccc1=O. The summed E-state index contributed by atoms with van der Waals surface area (Å²) in [5, 5.41) is 7.52. The quantitative estimate of drug-likeness (QED) is 0.932. The van der Waals surface area contributed by atoms with Crippen molar-refractivity contribution in [2.45, 2.75) is 18.9 Å². The Kier molecular flexibility index (Phi) is 4.41. The Labute approximate surface area is 134 Å². The van der Waals surface area contributed by atoms with E-state index in [1.807, 2.05) is 30.3 Å². The maximum absolute atomic E-state index is 12.6. The molecular formula is C17H20N4O2. The number of carbonyl (C=O) groups excluding carboxylic acids is 1. The fourth-order valence-electron chi connectivity index (χ4n) is 2.83. The molecule has 0 aliphatic carbocycles. The summed E-state index contributed by atoms with van der Waals surface area (Å²) >= 11 is 0. The van der Waals surface area contributed by atoms with Gasteiger partial charge in [-0.25, -0.2) is 4.68 Å². The Morgan fingerprint density at radius 1 is 1.22 bits per heavy atom. The van der Waals surface area contributed by atoms with E-state index in [4.69, 9.17) is 0 Å². The Morgan fingerprint density at radius 2 is 2.00 bits per heavy atom. The molecular weight excluding hydrogens is 292 g/mol. The Balaban J connectivity index is 1.69. The lowest BCUT2D eigenvalue weighted by Crippen LogP contribution is -2.45. The van der Waals surface area contributed by atoms with Gasteiger partial charge in [0.15, 0.2) is 0 Å². The van der Waals surface area contributed by atoms with Gasteiger partial charge in [0.05, 0.1) is 0 Å². The standard InChI is InChI=1S/C17H20N4O2/c1-20-16(22)10-9-15(19-20)17(23)21-11-5-8-14(12-21)18-13-6-3-2-4-7-13/h2-4,6-7,9-10,14,18H,5,8,11-12H2,1H3/t14-/m1/s1. The molecule has 1 aromatic heterocycles. The van der Waals surface area contributed by atoms with Gasteiger partial charge in [-0.05, 0) is 31.0 Å². The second-order valence-electron chi connectivity index (χ2n) is 5.78. The van der Waals surface area contributed by atoms with Crippen LogP contribution in [0.4, 0.5) is 5.69 Å². The summed E-state index contributed by atoms with van der Waals surface area (Å²) in [7, 11) is 1.55. The van der Waals surface area contributed by atoms with Crippen LogP contribution in [0.1, 0.15) is 23.3 Å². The zero-order valence-corrected chi connectivity index (χ0v) is 13.1. The van der Waals surface area contributed by atoms with Crippen molar-refractivity contribution in [2.24, 2.45) is 7.05 Å². The Morgan fingerprint density at radius 3 is 2.74 bits per heavy atom. The summed E-state index contributed by atoms with van der Waals surface area (Å²) < 4.78 is 1.19. The van der Waals surface area contributed by atoms with Crippen LogP contribution in [0.3, 0.4) is 0 Å². The van der Waals surface area contributed by atoms with Gasteiger partial charge < -0.3 is 10.2 Å². The maximum Gasteiger partial charge on any atom is 0.274 e. The molecule has 23 heavy (non-hydrogen) atoms. The first-order chi connectivity index (χ1) is 11.1. The number of likely N-dealkylation sites (tertiary alicyclic amines) is 1. The van der Waals surface area contributed by atoms with Crippen molar-refractivity contribution in [3.63, 3.8) is 0 Å². The number of piperidine rings is 1. The molecule has 1 aromatic carbocycles. The van der Waals surface area contributed by atoms with Crippen molar-refractivity contribution in [2.75, 3.05) is 18.4 Å². The number of rotatable bonds is 3. The molecule has 2 heterocycles. The summed E-state index contributed by atoms with van der Waals surface area (Å²) in [5.41, 5.74) is 1.16. The molecule has 1 saturated heterocycles. The van der Waals surface area contributed by atoms with Crippen molar-refractivity contribution in [1.29, 1.82) is 0 Å². The first-order valence-corrected chi connectivity index (χ1v) is 7.79. The van der Waals surface area contributed by atoms with Gasteiger partial charge in [-0.1, -0.05) is 18.2 Å². The van der Waals surface area contributed by atoms with Crippen LogP contribution in [0.25, 0.3) is 0 Å². The molecule has 6 heteroatoms. The van der Waals surface area contributed by atoms with Crippen LogP contribution in [0, 0.1) is 0 Å². The lowest BCUT2D eigenvalue weighted by Gasteiger charge is -2.33. The summed E-state index contributed by atoms with van der Waals surface area (Å²) in [5.74, 6) is -0.125. The molecule has 2 aromatic rings. The largest absolute Gasteiger partial charge is 0.381 e. The fourth-order valence-corrected chi connectivity index (χ4v) is 2.83. The second-order valence-corrected chi connectivity index (χ2v) is 5.78. The van der Waals surface area contributed by atoms with E-state index in [9.17, 15) is 9.59 Å². The molecule has 0 radical (unpaired) electrons. The number of carbonyl (C=O) groups is 1. The van der Waals surface area contributed by atoms with E-state index < -0.39 is 0 Å². The molecule has 0 unspecified atom stereocenters. The molecule has 1 N–H and O–H groups in total. The van der Waals surface area contributed by atoms with Crippen molar-refractivity contribution >= 4 is 11.6 Å². The molecule has 0 spiro atoms. The van der Waals surface area contributed by atoms with Crippen molar-refractivity contribution in [1.82, 2.24) is 14.7 Å². The third-order valence-corrected chi connectivity index (χ3v) is 4.03. The number of anilines is 1. The van der Waals surface area contributed by atoms with E-state index >= 15 is 0 Å². The van der Waals surface area contributed by atoms with Crippen molar-refractivity contribution in [3.05, 3.63) is 58.5 Å². The zero-order chi connectivity index (χ0) is 16.2. The molecule has 6 nitrogen and oxygen atoms in total. The van der Waals surface area contributed by atoms with Gasteiger partial charge in [-0.15, -0.1) is 0 Å². The smallest absolute Gasteiger partial charge is 0.274 e. The molecule has 1 fully saturated rings. The number of nitrogens with zero attached hydrogens (tertiary/aromatic N) is 3. The first-order valence-electron chi connectivity index (χ1n) is 7.79. The lowest BCUT2D eigenvalue weighted by atomic mass is 10.0. The van der Waals surface area contributed by atoms with Gasteiger partial charge in [0.1, 0.15) is 5.69 Å². The average molecular weight is 312 g/mol. The Bertz CT molecular complexity index is 742. The number of benzene rings is 1. The van der Waals surface area contributed by atoms with Crippen LogP contribution < -0.4 is 10.9 Å². The molecule has 1 atom stereocenters. The minimum atomic E-state index is -0.219. The van der Waals surface area contributed by atoms with Gasteiger partial charge >= 0.3 is 0 Å². The third kappa shape index (κ3) is 3.59. The van der Waals surface area contributed by atoms with Crippen LogP contribution in [0.5, 0.6) is 0 Å². The summed E-state index contributed by atoms with van der Waals surface area (Å²) in [6.45, 7) is 1.36. The third-order valence-electron chi connectivity index (χ3n) is 4.03. The summed E-state index contributed by atoms with van der Waals surface area (Å²) in [6, 6.07) is 13.1. The highest BCUT2D eigenvalue weighted by Crippen LogP contribution is 2.17. The molecule has 1 aliphatic rings. The molecule has 1 aliphatic heterocycles. The van der Waals surface area contributed by atoms with Crippen molar-refractivity contribution in [3.8, 4) is 0 Å². The van der Waals surface area contributed by atoms with Gasteiger partial charge in [-0.2, -0.15) is 5.10 Å². The number of aryl methyl sites for hydroxylation is 1. The number of amides is 1. The van der Waals surface area contributed by atoms with E-state index in [1.165, 1.54) is 16.8 Å². The van der Waals surface area contributed by atoms with E-state index in [2.05, 4.69) is 10.4 Å². The molecule has 120 valence electrons. The molecule has 3 rings (SSSR count). The van der Waals surface area contributed by atoms with Gasteiger partial charge in [0, 0.05) is 37.9 Å². The number of nitrogens with one attached hydrogen (secondary N) is 1. The average Bonchev–Trinajstić information content (AvgIpc) is 2.58. The molecule has 0 saturated carbocycles. The molecule has 0 bridgehead atoms. The molecule has 1 amide bonds. The maximum atomic E-state index is 12.6. The number of hydrogen-bond acceptors (Lipinski definition) is 4. The van der Waals surface area contributed by atoms with Gasteiger partial charge in [0.2, 0.25) is 0 Å². The topological polar surface area (TPSA) is 67.2 Å². The normalized spacial score (nSPS) is 17.8. The monoisotopic (exact) mass is 312 g/mol. The minimum absolute atomic E-state index is 0.125. The first kappa shape index (κ1) is 15.3. The lowest BCUT2D eigenvalue weighted by molar-refractivity contribution is 0.0706. The Hall–Kier alpha value is -2.63. The van der Waals surface area contributed by atoms with E-state index in [-0.39, 0.29) is 17.5 Å². The number of hydrogen-bond donors (Lipinski definition) is 1. The van der Waals surface area contributed by atoms with Crippen molar-refractivity contribution < 1.29 is 4.79 Å². The second kappa shape index (κ2) is 6.64. The summed E-state index contributed by atoms with van der Waals surface area (Å²) in [4.78, 5) is 25.8. The van der Waals surface area contributed by atoms with Crippen LogP contribution in [0.2, 0.25) is 0 Å². The number of para-hydroxylation sites is 1.